The van der Waals surface area contributed by atoms with Gasteiger partial charge in [-0.3, -0.25) is 4.99 Å². The number of imidazole rings is 1. The van der Waals surface area contributed by atoms with E-state index >= 15 is 0 Å². The van der Waals surface area contributed by atoms with Crippen molar-refractivity contribution in [3.8, 4) is 0 Å². The van der Waals surface area contributed by atoms with Crippen LogP contribution in [0, 0.1) is 17.5 Å². The molecule has 2 aromatic rings. The third-order valence-corrected chi connectivity index (χ3v) is 4.25. The summed E-state index contributed by atoms with van der Waals surface area (Å²) < 4.78 is 81.9. The lowest BCUT2D eigenvalue weighted by Crippen LogP contribution is -2.38. The molecule has 0 fully saturated rings. The molecule has 0 aliphatic carbocycles. The minimum Gasteiger partial charge on any atom is -0.335 e. The van der Waals surface area contributed by atoms with Crippen molar-refractivity contribution in [3.63, 3.8) is 0 Å². The fourth-order valence-electron chi connectivity index (χ4n) is 2.69. The maximum atomic E-state index is 14.1. The number of alkyl halides is 3. The van der Waals surface area contributed by atoms with Gasteiger partial charge in [0.05, 0.1) is 5.56 Å². The lowest BCUT2D eigenvalue weighted by Gasteiger charge is -2.34. The summed E-state index contributed by atoms with van der Waals surface area (Å²) in [5, 5.41) is -0.584. The predicted octanol–water partition coefficient (Wildman–Crippen LogP) is 4.39. The van der Waals surface area contributed by atoms with E-state index < -0.39 is 52.6 Å². The molecule has 3 rings (SSSR count). The molecule has 1 aliphatic heterocycles. The Balaban J connectivity index is 2.13. The number of allylic oxidation sites excluding steroid dienone is 1. The Morgan fingerprint density at radius 1 is 1.15 bits per heavy atom. The molecule has 1 aromatic heterocycles. The first-order valence-corrected chi connectivity index (χ1v) is 7.85. The number of aromatic nitrogens is 2. The number of aryl methyl sites for hydroxylation is 1. The maximum absolute atomic E-state index is 14.1. The summed E-state index contributed by atoms with van der Waals surface area (Å²) >= 11 is 6.09. The van der Waals surface area contributed by atoms with Gasteiger partial charge in [0.15, 0.2) is 12.0 Å². The van der Waals surface area contributed by atoms with Crippen LogP contribution in [-0.4, -0.2) is 33.4 Å². The standard InChI is InChI=1S/C16H11ClF6N4/c1-26-3-2-24-14(26)15-25-6-9(13(17)27(15)7-16(21,22)23)12-10(19)4-8(18)5-11(12)20/h2-6,15H,7H2,1H3. The van der Waals surface area contributed by atoms with Crippen molar-refractivity contribution in [1.29, 1.82) is 0 Å². The third kappa shape index (κ3) is 3.80. The van der Waals surface area contributed by atoms with Gasteiger partial charge in [-0.05, 0) is 0 Å². The first kappa shape index (κ1) is 19.3. The van der Waals surface area contributed by atoms with Crippen LogP contribution in [0.15, 0.2) is 34.7 Å². The van der Waals surface area contributed by atoms with Crippen LogP contribution in [0.2, 0.25) is 0 Å². The van der Waals surface area contributed by atoms with Gasteiger partial charge in [-0.1, -0.05) is 11.6 Å². The van der Waals surface area contributed by atoms with E-state index in [1.807, 2.05) is 0 Å². The molecule has 1 aromatic carbocycles. The van der Waals surface area contributed by atoms with Crippen molar-refractivity contribution in [3.05, 3.63) is 58.5 Å². The highest BCUT2D eigenvalue weighted by atomic mass is 35.5. The number of rotatable bonds is 3. The van der Waals surface area contributed by atoms with Crippen LogP contribution in [0.25, 0.3) is 5.57 Å². The van der Waals surface area contributed by atoms with Crippen molar-refractivity contribution < 1.29 is 26.3 Å². The topological polar surface area (TPSA) is 33.4 Å². The van der Waals surface area contributed by atoms with E-state index in [2.05, 4.69) is 9.98 Å². The third-order valence-electron chi connectivity index (χ3n) is 3.83. The fraction of sp³-hybridized carbons (Fsp3) is 0.250. The fourth-order valence-corrected chi connectivity index (χ4v) is 2.98. The summed E-state index contributed by atoms with van der Waals surface area (Å²) in [6.45, 7) is -1.53. The molecule has 0 saturated heterocycles. The first-order valence-electron chi connectivity index (χ1n) is 7.47. The molecule has 1 unspecified atom stereocenters. The molecule has 144 valence electrons. The number of hydrogen-bond donors (Lipinski definition) is 0. The van der Waals surface area contributed by atoms with Crippen molar-refractivity contribution in [1.82, 2.24) is 14.5 Å². The number of benzene rings is 1. The molecule has 0 spiro atoms. The van der Waals surface area contributed by atoms with Crippen molar-refractivity contribution >= 4 is 23.4 Å². The Morgan fingerprint density at radius 2 is 1.78 bits per heavy atom. The summed E-state index contributed by atoms with van der Waals surface area (Å²) in [5.74, 6) is -3.65. The number of hydrogen-bond acceptors (Lipinski definition) is 3. The summed E-state index contributed by atoms with van der Waals surface area (Å²) in [7, 11) is 1.55. The molecule has 27 heavy (non-hydrogen) atoms. The summed E-state index contributed by atoms with van der Waals surface area (Å²) in [6.07, 6.45) is -2.11. The largest absolute Gasteiger partial charge is 0.406 e. The van der Waals surface area contributed by atoms with E-state index in [0.29, 0.717) is 17.0 Å². The zero-order chi connectivity index (χ0) is 19.9. The molecule has 1 aliphatic rings. The highest BCUT2D eigenvalue weighted by Gasteiger charge is 2.39. The van der Waals surface area contributed by atoms with Gasteiger partial charge in [0, 0.05) is 43.4 Å². The number of aliphatic imine (C=N–C) groups is 1. The van der Waals surface area contributed by atoms with Gasteiger partial charge in [-0.2, -0.15) is 13.2 Å². The van der Waals surface area contributed by atoms with E-state index in [1.54, 1.807) is 7.05 Å². The van der Waals surface area contributed by atoms with Crippen LogP contribution in [0.5, 0.6) is 0 Å². The lowest BCUT2D eigenvalue weighted by atomic mass is 10.0. The molecule has 4 nitrogen and oxygen atoms in total. The van der Waals surface area contributed by atoms with Crippen LogP contribution in [0.1, 0.15) is 17.6 Å². The second-order valence-corrected chi connectivity index (χ2v) is 6.10. The van der Waals surface area contributed by atoms with Gasteiger partial charge in [-0.25, -0.2) is 18.2 Å². The monoisotopic (exact) mass is 408 g/mol. The Morgan fingerprint density at radius 3 is 2.30 bits per heavy atom. The number of halogens is 7. The SMILES string of the molecule is Cn1ccnc1C1N=CC(c2c(F)cc(F)cc2F)=C(Cl)N1CC(F)(F)F. The molecule has 0 radical (unpaired) electrons. The molecule has 0 amide bonds. The van der Waals surface area contributed by atoms with Gasteiger partial charge >= 0.3 is 6.18 Å². The van der Waals surface area contributed by atoms with Gasteiger partial charge in [-0.15, -0.1) is 0 Å². The van der Waals surface area contributed by atoms with Gasteiger partial charge in [0.2, 0.25) is 0 Å². The smallest absolute Gasteiger partial charge is 0.335 e. The van der Waals surface area contributed by atoms with Crippen LogP contribution in [0.3, 0.4) is 0 Å². The lowest BCUT2D eigenvalue weighted by molar-refractivity contribution is -0.145. The van der Waals surface area contributed by atoms with E-state index in [1.165, 1.54) is 17.0 Å². The highest BCUT2D eigenvalue weighted by Crippen LogP contribution is 2.38. The predicted molar refractivity (Wildman–Crippen MR) is 86.3 cm³/mol. The van der Waals surface area contributed by atoms with Gasteiger partial charge in [0.25, 0.3) is 0 Å². The van der Waals surface area contributed by atoms with E-state index in [-0.39, 0.29) is 5.82 Å². The zero-order valence-electron chi connectivity index (χ0n) is 13.6. The zero-order valence-corrected chi connectivity index (χ0v) is 14.4. The summed E-state index contributed by atoms with van der Waals surface area (Å²) in [5.41, 5.74) is -1.20. The normalized spacial score (nSPS) is 17.8. The minimum atomic E-state index is -4.68. The van der Waals surface area contributed by atoms with Crippen molar-refractivity contribution in [2.45, 2.75) is 12.3 Å². The van der Waals surface area contributed by atoms with Crippen LogP contribution >= 0.6 is 11.6 Å². The molecule has 0 saturated carbocycles. The van der Waals surface area contributed by atoms with E-state index in [4.69, 9.17) is 11.6 Å². The highest BCUT2D eigenvalue weighted by molar-refractivity contribution is 6.37. The maximum Gasteiger partial charge on any atom is 0.406 e. The quantitative estimate of drug-likeness (QED) is 0.557. The minimum absolute atomic E-state index is 0.146. The van der Waals surface area contributed by atoms with Crippen LogP contribution in [-0.2, 0) is 7.05 Å². The van der Waals surface area contributed by atoms with Crippen LogP contribution < -0.4 is 0 Å². The Bertz CT molecular complexity index is 910. The van der Waals surface area contributed by atoms with Gasteiger partial charge < -0.3 is 9.47 Å². The Hall–Kier alpha value is -2.49. The molecule has 0 bridgehead atoms. The molecular formula is C16H11ClF6N4. The molecule has 0 N–H and O–H groups in total. The first-order chi connectivity index (χ1) is 12.6. The second kappa shape index (κ2) is 6.91. The van der Waals surface area contributed by atoms with Crippen molar-refractivity contribution in [2.75, 3.05) is 6.54 Å². The summed E-state index contributed by atoms with van der Waals surface area (Å²) in [4.78, 5) is 8.55. The second-order valence-electron chi connectivity index (χ2n) is 5.74. The number of nitrogens with zero attached hydrogens (tertiary/aromatic N) is 4. The average Bonchev–Trinajstić information content (AvgIpc) is 2.94. The van der Waals surface area contributed by atoms with Gasteiger partial charge in [0.1, 0.15) is 29.2 Å². The Labute approximate surface area is 154 Å². The molecule has 1 atom stereocenters. The summed E-state index contributed by atoms with van der Waals surface area (Å²) in [6, 6.07) is 0.810. The molecule has 2 heterocycles. The van der Waals surface area contributed by atoms with Crippen LogP contribution in [0.4, 0.5) is 26.3 Å². The van der Waals surface area contributed by atoms with E-state index in [9.17, 15) is 26.3 Å². The molecule has 11 heteroatoms. The van der Waals surface area contributed by atoms with Crippen molar-refractivity contribution in [2.24, 2.45) is 12.0 Å². The Kier molecular flexibility index (Phi) is 4.94. The average molecular weight is 409 g/mol. The molecular weight excluding hydrogens is 398 g/mol. The van der Waals surface area contributed by atoms with E-state index in [0.717, 1.165) is 6.21 Å².